The summed E-state index contributed by atoms with van der Waals surface area (Å²) >= 11 is 0. The van der Waals surface area contributed by atoms with E-state index in [1.165, 1.54) is 16.7 Å². The maximum Gasteiger partial charge on any atom is 0.150 e. The number of Topliss-reactive ketones (excluding diaryl/α,β-unsaturated/α-hetero) is 1. The first-order valence-corrected chi connectivity index (χ1v) is 6.32. The minimum absolute atomic E-state index is 0.228. The van der Waals surface area contributed by atoms with Crippen molar-refractivity contribution in [2.45, 2.75) is 26.2 Å². The number of rotatable bonds is 3. The first kappa shape index (κ1) is 12.3. The topological polar surface area (TPSA) is 20.3 Å². The third-order valence-electron chi connectivity index (χ3n) is 3.52. The van der Waals surface area contributed by atoms with Crippen LogP contribution in [0.3, 0.4) is 0 Å². The van der Waals surface area contributed by atoms with E-state index in [9.17, 15) is 4.79 Å². The zero-order chi connectivity index (χ0) is 12.4. The highest BCUT2D eigenvalue weighted by atomic mass is 16.1. The average molecular weight is 231 g/mol. The molecule has 1 aliphatic rings. The smallest absolute Gasteiger partial charge is 0.150 e. The molecule has 0 radical (unpaired) electrons. The van der Waals surface area contributed by atoms with E-state index in [2.05, 4.69) is 25.1 Å². The molecule has 0 amide bonds. The fourth-order valence-electron chi connectivity index (χ4n) is 2.60. The highest BCUT2D eigenvalue weighted by molar-refractivity contribution is 5.83. The molecule has 0 fully saturated rings. The summed E-state index contributed by atoms with van der Waals surface area (Å²) in [5.41, 5.74) is 4.11. The van der Waals surface area contributed by atoms with Gasteiger partial charge < -0.3 is 4.90 Å². The zero-order valence-corrected chi connectivity index (χ0v) is 11.0. The molecule has 92 valence electrons. The molecule has 17 heavy (non-hydrogen) atoms. The number of ketones is 1. The molecule has 0 aliphatic heterocycles. The second-order valence-corrected chi connectivity index (χ2v) is 5.42. The molecule has 2 rings (SSSR count). The third kappa shape index (κ3) is 2.95. The van der Waals surface area contributed by atoms with Gasteiger partial charge in [-0.1, -0.05) is 23.8 Å². The first-order chi connectivity index (χ1) is 8.06. The molecular weight excluding hydrogens is 210 g/mol. The molecule has 1 unspecified atom stereocenters. The van der Waals surface area contributed by atoms with E-state index in [-0.39, 0.29) is 5.92 Å². The largest absolute Gasteiger partial charge is 0.302 e. The molecule has 0 bridgehead atoms. The van der Waals surface area contributed by atoms with Gasteiger partial charge in [0.25, 0.3) is 0 Å². The van der Waals surface area contributed by atoms with Gasteiger partial charge in [0.05, 0.1) is 6.54 Å². The van der Waals surface area contributed by atoms with Gasteiger partial charge in [-0.3, -0.25) is 4.79 Å². The van der Waals surface area contributed by atoms with Crippen molar-refractivity contribution in [2.75, 3.05) is 20.6 Å². The van der Waals surface area contributed by atoms with Crippen LogP contribution >= 0.6 is 0 Å². The number of benzene rings is 1. The Labute approximate surface area is 104 Å². The van der Waals surface area contributed by atoms with Crippen molar-refractivity contribution < 1.29 is 4.79 Å². The number of hydrogen-bond acceptors (Lipinski definition) is 2. The van der Waals surface area contributed by atoms with Crippen LogP contribution in [-0.2, 0) is 17.6 Å². The zero-order valence-electron chi connectivity index (χ0n) is 11.0. The fourth-order valence-corrected chi connectivity index (χ4v) is 2.60. The van der Waals surface area contributed by atoms with Crippen molar-refractivity contribution in [3.63, 3.8) is 0 Å². The predicted octanol–water partition coefficient (Wildman–Crippen LogP) is 2.23. The van der Waals surface area contributed by atoms with Crippen LogP contribution in [0.15, 0.2) is 18.2 Å². The summed E-state index contributed by atoms with van der Waals surface area (Å²) in [6, 6.07) is 6.63. The minimum Gasteiger partial charge on any atom is -0.302 e. The van der Waals surface area contributed by atoms with Gasteiger partial charge in [-0.15, -0.1) is 0 Å². The van der Waals surface area contributed by atoms with Gasteiger partial charge in [0, 0.05) is 5.92 Å². The molecule has 0 saturated heterocycles. The lowest BCUT2D eigenvalue weighted by Gasteiger charge is -2.25. The molecule has 1 atom stereocenters. The van der Waals surface area contributed by atoms with Gasteiger partial charge >= 0.3 is 0 Å². The van der Waals surface area contributed by atoms with Crippen LogP contribution in [0, 0.1) is 12.8 Å². The molecular formula is C15H21NO. The van der Waals surface area contributed by atoms with Gasteiger partial charge in [-0.25, -0.2) is 0 Å². The van der Waals surface area contributed by atoms with Crippen molar-refractivity contribution in [1.29, 1.82) is 0 Å². The quantitative estimate of drug-likeness (QED) is 0.795. The van der Waals surface area contributed by atoms with Crippen LogP contribution in [0.2, 0.25) is 0 Å². The van der Waals surface area contributed by atoms with E-state index in [4.69, 9.17) is 0 Å². The first-order valence-electron chi connectivity index (χ1n) is 6.32. The summed E-state index contributed by atoms with van der Waals surface area (Å²) in [6.07, 6.45) is 3.01. The second kappa shape index (κ2) is 5.01. The Hall–Kier alpha value is -1.15. The number of likely N-dealkylation sites (N-methyl/N-ethyl adjacent to an activating group) is 1. The van der Waals surface area contributed by atoms with Crippen LogP contribution in [0.4, 0.5) is 0 Å². The summed E-state index contributed by atoms with van der Waals surface area (Å²) in [6.45, 7) is 2.69. The van der Waals surface area contributed by atoms with E-state index in [0.29, 0.717) is 12.3 Å². The van der Waals surface area contributed by atoms with E-state index in [0.717, 1.165) is 19.3 Å². The van der Waals surface area contributed by atoms with E-state index in [1.807, 2.05) is 19.0 Å². The summed E-state index contributed by atoms with van der Waals surface area (Å²) in [5, 5.41) is 0. The standard InChI is InChI=1S/C15H21NO/c1-11-4-5-12-6-7-13(9-14(12)8-11)15(17)10-16(2)3/h4-5,8,13H,6-7,9-10H2,1-3H3. The number of fused-ring (bicyclic) bond motifs is 1. The molecule has 1 aromatic rings. The molecule has 2 nitrogen and oxygen atoms in total. The van der Waals surface area contributed by atoms with Gasteiger partial charge in [-0.05, 0) is 51.4 Å². The fraction of sp³-hybridized carbons (Fsp3) is 0.533. The highest BCUT2D eigenvalue weighted by Gasteiger charge is 2.24. The summed E-state index contributed by atoms with van der Waals surface area (Å²) in [5.74, 6) is 0.619. The number of aryl methyl sites for hydroxylation is 2. The number of carbonyl (C=O) groups is 1. The maximum absolute atomic E-state index is 12.1. The van der Waals surface area contributed by atoms with Crippen LogP contribution in [0.5, 0.6) is 0 Å². The molecule has 0 spiro atoms. The lowest BCUT2D eigenvalue weighted by Crippen LogP contribution is -2.31. The van der Waals surface area contributed by atoms with Gasteiger partial charge in [0.15, 0.2) is 0 Å². The van der Waals surface area contributed by atoms with E-state index >= 15 is 0 Å². The van der Waals surface area contributed by atoms with Crippen LogP contribution in [-0.4, -0.2) is 31.3 Å². The summed E-state index contributed by atoms with van der Waals surface area (Å²) in [7, 11) is 3.91. The van der Waals surface area contributed by atoms with Crippen LogP contribution < -0.4 is 0 Å². The van der Waals surface area contributed by atoms with Gasteiger partial charge in [-0.2, -0.15) is 0 Å². The molecule has 2 heteroatoms. The minimum atomic E-state index is 0.228. The van der Waals surface area contributed by atoms with Gasteiger partial charge in [0.2, 0.25) is 0 Å². The van der Waals surface area contributed by atoms with Crippen LogP contribution in [0.1, 0.15) is 23.1 Å². The number of nitrogens with zero attached hydrogens (tertiary/aromatic N) is 1. The van der Waals surface area contributed by atoms with Crippen molar-refractivity contribution in [3.05, 3.63) is 34.9 Å². The normalized spacial score (nSPS) is 19.2. The van der Waals surface area contributed by atoms with E-state index in [1.54, 1.807) is 0 Å². The molecule has 0 heterocycles. The molecule has 0 N–H and O–H groups in total. The summed E-state index contributed by atoms with van der Waals surface area (Å²) < 4.78 is 0. The summed E-state index contributed by atoms with van der Waals surface area (Å²) in [4.78, 5) is 14.0. The number of carbonyl (C=O) groups excluding carboxylic acids is 1. The third-order valence-corrected chi connectivity index (χ3v) is 3.52. The lowest BCUT2D eigenvalue weighted by molar-refractivity contribution is -0.123. The molecule has 0 aromatic heterocycles. The predicted molar refractivity (Wildman–Crippen MR) is 70.3 cm³/mol. The van der Waals surface area contributed by atoms with Crippen molar-refractivity contribution in [1.82, 2.24) is 4.90 Å². The highest BCUT2D eigenvalue weighted by Crippen LogP contribution is 2.27. The van der Waals surface area contributed by atoms with Crippen molar-refractivity contribution in [2.24, 2.45) is 5.92 Å². The monoisotopic (exact) mass is 231 g/mol. The Bertz CT molecular complexity index is 423. The molecule has 1 aromatic carbocycles. The Morgan fingerprint density at radius 1 is 1.35 bits per heavy atom. The Morgan fingerprint density at radius 2 is 2.12 bits per heavy atom. The van der Waals surface area contributed by atoms with E-state index < -0.39 is 0 Å². The van der Waals surface area contributed by atoms with Crippen LogP contribution in [0.25, 0.3) is 0 Å². The van der Waals surface area contributed by atoms with Gasteiger partial charge in [0.1, 0.15) is 5.78 Å². The van der Waals surface area contributed by atoms with Crippen molar-refractivity contribution >= 4 is 5.78 Å². The number of hydrogen-bond donors (Lipinski definition) is 0. The Kier molecular flexibility index (Phi) is 3.63. The Morgan fingerprint density at radius 3 is 2.82 bits per heavy atom. The molecule has 1 aliphatic carbocycles. The molecule has 0 saturated carbocycles. The lowest BCUT2D eigenvalue weighted by atomic mass is 9.81. The Balaban J connectivity index is 2.10. The SMILES string of the molecule is Cc1ccc2c(c1)CC(C(=O)CN(C)C)CC2. The van der Waals surface area contributed by atoms with Crippen molar-refractivity contribution in [3.8, 4) is 0 Å². The average Bonchev–Trinajstić information content (AvgIpc) is 2.27. The maximum atomic E-state index is 12.1. The second-order valence-electron chi connectivity index (χ2n) is 5.42.